The van der Waals surface area contributed by atoms with Crippen molar-refractivity contribution in [2.24, 2.45) is 5.92 Å². The van der Waals surface area contributed by atoms with Gasteiger partial charge in [0, 0.05) is 24.4 Å². The number of aromatic nitrogens is 2. The first-order valence-electron chi connectivity index (χ1n) is 6.97. The fraction of sp³-hybridized carbons (Fsp3) is 0.412. The van der Waals surface area contributed by atoms with Gasteiger partial charge in [-0.15, -0.1) is 0 Å². The van der Waals surface area contributed by atoms with Gasteiger partial charge in [-0.2, -0.15) is 0 Å². The van der Waals surface area contributed by atoms with Crippen molar-refractivity contribution < 1.29 is 0 Å². The lowest BCUT2D eigenvalue weighted by atomic mass is 10.00. The molecular formula is C17H22N2. The predicted molar refractivity (Wildman–Crippen MR) is 80.1 cm³/mol. The molecule has 0 unspecified atom stereocenters. The lowest BCUT2D eigenvalue weighted by Gasteiger charge is -2.07. The van der Waals surface area contributed by atoms with E-state index in [2.05, 4.69) is 61.9 Å². The quantitative estimate of drug-likeness (QED) is 0.804. The minimum atomic E-state index is 0.568. The molecule has 1 heterocycles. The van der Waals surface area contributed by atoms with E-state index >= 15 is 0 Å². The van der Waals surface area contributed by atoms with E-state index in [0.717, 1.165) is 17.8 Å². The Labute approximate surface area is 115 Å². The first-order chi connectivity index (χ1) is 9.06. The van der Waals surface area contributed by atoms with Crippen LogP contribution in [0.5, 0.6) is 0 Å². The molecule has 0 radical (unpaired) electrons. The topological polar surface area (TPSA) is 25.8 Å². The summed E-state index contributed by atoms with van der Waals surface area (Å²) in [6.07, 6.45) is 4.79. The molecule has 0 aliphatic heterocycles. The van der Waals surface area contributed by atoms with Gasteiger partial charge in [0.1, 0.15) is 5.82 Å². The molecule has 100 valence electrons. The van der Waals surface area contributed by atoms with Gasteiger partial charge in [0.15, 0.2) is 0 Å². The van der Waals surface area contributed by atoms with Crippen LogP contribution in [-0.4, -0.2) is 9.97 Å². The molecule has 0 saturated carbocycles. The third kappa shape index (κ3) is 3.63. The van der Waals surface area contributed by atoms with Crippen LogP contribution in [-0.2, 0) is 6.42 Å². The summed E-state index contributed by atoms with van der Waals surface area (Å²) < 4.78 is 0. The SMILES string of the molecule is CC(C)Cc1ncc(-c2ccc(C(C)C)cc2)cn1. The maximum Gasteiger partial charge on any atom is 0.128 e. The predicted octanol–water partition coefficient (Wildman–Crippen LogP) is 4.47. The summed E-state index contributed by atoms with van der Waals surface area (Å²) in [5.74, 6) is 2.09. The standard InChI is InChI=1S/C17H22N2/c1-12(2)9-17-18-10-16(11-19-17)15-7-5-14(6-8-15)13(3)4/h5-8,10-13H,9H2,1-4H3. The zero-order valence-electron chi connectivity index (χ0n) is 12.2. The molecule has 2 rings (SSSR count). The van der Waals surface area contributed by atoms with E-state index in [1.165, 1.54) is 11.1 Å². The van der Waals surface area contributed by atoms with Gasteiger partial charge < -0.3 is 0 Å². The van der Waals surface area contributed by atoms with Crippen molar-refractivity contribution in [3.05, 3.63) is 48.0 Å². The van der Waals surface area contributed by atoms with Gasteiger partial charge in [-0.05, 0) is 23.0 Å². The molecule has 0 fully saturated rings. The van der Waals surface area contributed by atoms with Crippen molar-refractivity contribution in [3.63, 3.8) is 0 Å². The van der Waals surface area contributed by atoms with Crippen molar-refractivity contribution >= 4 is 0 Å². The third-order valence-corrected chi connectivity index (χ3v) is 3.21. The Kier molecular flexibility index (Phi) is 4.31. The smallest absolute Gasteiger partial charge is 0.128 e. The Balaban J connectivity index is 2.17. The second-order valence-corrected chi connectivity index (χ2v) is 5.76. The number of hydrogen-bond donors (Lipinski definition) is 0. The molecule has 0 N–H and O–H groups in total. The molecule has 0 aliphatic rings. The highest BCUT2D eigenvalue weighted by Crippen LogP contribution is 2.21. The number of rotatable bonds is 4. The summed E-state index contributed by atoms with van der Waals surface area (Å²) in [6.45, 7) is 8.78. The van der Waals surface area contributed by atoms with Crippen LogP contribution in [0.4, 0.5) is 0 Å². The highest BCUT2D eigenvalue weighted by Gasteiger charge is 2.04. The van der Waals surface area contributed by atoms with E-state index in [0.29, 0.717) is 11.8 Å². The van der Waals surface area contributed by atoms with Crippen LogP contribution in [0.3, 0.4) is 0 Å². The molecule has 1 aromatic carbocycles. The van der Waals surface area contributed by atoms with Crippen LogP contribution in [0.25, 0.3) is 11.1 Å². The Hall–Kier alpha value is -1.70. The molecule has 0 bridgehead atoms. The van der Waals surface area contributed by atoms with Crippen molar-refractivity contribution in [2.75, 3.05) is 0 Å². The Morgan fingerprint density at radius 2 is 1.42 bits per heavy atom. The lowest BCUT2D eigenvalue weighted by Crippen LogP contribution is -2.00. The second-order valence-electron chi connectivity index (χ2n) is 5.76. The lowest BCUT2D eigenvalue weighted by molar-refractivity contribution is 0.620. The van der Waals surface area contributed by atoms with Crippen LogP contribution < -0.4 is 0 Å². The zero-order chi connectivity index (χ0) is 13.8. The van der Waals surface area contributed by atoms with Crippen LogP contribution in [0.2, 0.25) is 0 Å². The largest absolute Gasteiger partial charge is 0.241 e. The Bertz CT molecular complexity index is 510. The fourth-order valence-electron chi connectivity index (χ4n) is 2.03. The van der Waals surface area contributed by atoms with Crippen LogP contribution in [0.15, 0.2) is 36.7 Å². The molecule has 0 amide bonds. The molecule has 2 nitrogen and oxygen atoms in total. The van der Waals surface area contributed by atoms with E-state index < -0.39 is 0 Å². The van der Waals surface area contributed by atoms with Crippen LogP contribution >= 0.6 is 0 Å². The van der Waals surface area contributed by atoms with Crippen LogP contribution in [0.1, 0.15) is 45.0 Å². The van der Waals surface area contributed by atoms with E-state index in [1.54, 1.807) is 0 Å². The minimum Gasteiger partial charge on any atom is -0.241 e. The van der Waals surface area contributed by atoms with E-state index in [-0.39, 0.29) is 0 Å². The summed E-state index contributed by atoms with van der Waals surface area (Å²) in [6, 6.07) is 8.66. The van der Waals surface area contributed by atoms with E-state index in [1.807, 2.05) is 12.4 Å². The summed E-state index contributed by atoms with van der Waals surface area (Å²) in [5, 5.41) is 0. The summed E-state index contributed by atoms with van der Waals surface area (Å²) >= 11 is 0. The molecule has 0 saturated heterocycles. The molecule has 2 heteroatoms. The average molecular weight is 254 g/mol. The maximum absolute atomic E-state index is 4.44. The van der Waals surface area contributed by atoms with Gasteiger partial charge in [0.25, 0.3) is 0 Å². The number of nitrogens with zero attached hydrogens (tertiary/aromatic N) is 2. The Morgan fingerprint density at radius 1 is 0.842 bits per heavy atom. The van der Waals surface area contributed by atoms with Gasteiger partial charge in [-0.25, -0.2) is 9.97 Å². The van der Waals surface area contributed by atoms with Crippen molar-refractivity contribution in [3.8, 4) is 11.1 Å². The van der Waals surface area contributed by atoms with Gasteiger partial charge in [0.2, 0.25) is 0 Å². The average Bonchev–Trinajstić information content (AvgIpc) is 2.39. The highest BCUT2D eigenvalue weighted by atomic mass is 14.9. The molecule has 0 spiro atoms. The van der Waals surface area contributed by atoms with Gasteiger partial charge in [-0.3, -0.25) is 0 Å². The summed E-state index contributed by atoms with van der Waals surface area (Å²) in [7, 11) is 0. The third-order valence-electron chi connectivity index (χ3n) is 3.21. The molecule has 2 aromatic rings. The van der Waals surface area contributed by atoms with E-state index in [9.17, 15) is 0 Å². The zero-order valence-corrected chi connectivity index (χ0v) is 12.2. The molecule has 0 atom stereocenters. The molecule has 19 heavy (non-hydrogen) atoms. The first-order valence-corrected chi connectivity index (χ1v) is 6.97. The normalized spacial score (nSPS) is 11.3. The molecule has 0 aliphatic carbocycles. The van der Waals surface area contributed by atoms with Crippen molar-refractivity contribution in [1.29, 1.82) is 0 Å². The van der Waals surface area contributed by atoms with Gasteiger partial charge >= 0.3 is 0 Å². The Morgan fingerprint density at radius 3 is 1.89 bits per heavy atom. The summed E-state index contributed by atoms with van der Waals surface area (Å²) in [4.78, 5) is 8.88. The monoisotopic (exact) mass is 254 g/mol. The van der Waals surface area contributed by atoms with Crippen molar-refractivity contribution in [2.45, 2.75) is 40.0 Å². The van der Waals surface area contributed by atoms with Crippen LogP contribution in [0, 0.1) is 5.92 Å². The maximum atomic E-state index is 4.44. The summed E-state index contributed by atoms with van der Waals surface area (Å²) in [5.41, 5.74) is 3.63. The highest BCUT2D eigenvalue weighted by molar-refractivity contribution is 5.61. The first kappa shape index (κ1) is 13.7. The number of hydrogen-bond acceptors (Lipinski definition) is 2. The van der Waals surface area contributed by atoms with Gasteiger partial charge in [-0.1, -0.05) is 52.0 Å². The van der Waals surface area contributed by atoms with Crippen molar-refractivity contribution in [1.82, 2.24) is 9.97 Å². The van der Waals surface area contributed by atoms with Gasteiger partial charge in [0.05, 0.1) is 0 Å². The second kappa shape index (κ2) is 5.96. The molecular weight excluding hydrogens is 232 g/mol. The molecule has 1 aromatic heterocycles. The number of benzene rings is 1. The van der Waals surface area contributed by atoms with E-state index in [4.69, 9.17) is 0 Å². The minimum absolute atomic E-state index is 0.568. The fourth-order valence-corrected chi connectivity index (χ4v) is 2.03.